The third-order valence-electron chi connectivity index (χ3n) is 4.24. The molecule has 0 bridgehead atoms. The Hall–Kier alpha value is -1.74. The Morgan fingerprint density at radius 1 is 1.11 bits per heavy atom. The van der Waals surface area contributed by atoms with E-state index in [4.69, 9.17) is 0 Å². The largest absolute Gasteiger partial charge is 0.354 e. The molecule has 0 aromatic heterocycles. The minimum Gasteiger partial charge on any atom is -0.354 e. The van der Waals surface area contributed by atoms with Gasteiger partial charge in [-0.05, 0) is 55.9 Å². The van der Waals surface area contributed by atoms with Gasteiger partial charge in [-0.3, -0.25) is 4.99 Å². The fourth-order valence-electron chi connectivity index (χ4n) is 2.66. The highest BCUT2D eigenvalue weighted by molar-refractivity contribution is 14.0. The summed E-state index contributed by atoms with van der Waals surface area (Å²) in [5, 5.41) is 6.42. The van der Waals surface area contributed by atoms with Crippen LogP contribution in [0.4, 0.5) is 8.78 Å². The van der Waals surface area contributed by atoms with Gasteiger partial charge < -0.3 is 15.5 Å². The molecule has 1 unspecified atom stereocenters. The standard InChI is InChI=1S/C20H26F2N4.HI/c1-14-8-9-15(10-18(14)22)12-24-20(23-2)25-13-19(26(3)4)16-6-5-7-17(21)11-16;/h5-11,19H,12-13H2,1-4H3,(H2,23,24,25);1H. The van der Waals surface area contributed by atoms with Crippen LogP contribution in [0.15, 0.2) is 47.5 Å². The molecule has 0 aliphatic rings. The van der Waals surface area contributed by atoms with Crippen LogP contribution in [0.5, 0.6) is 0 Å². The van der Waals surface area contributed by atoms with E-state index in [0.29, 0.717) is 24.6 Å². The monoisotopic (exact) mass is 488 g/mol. The van der Waals surface area contributed by atoms with Crippen molar-refractivity contribution in [2.75, 3.05) is 27.7 Å². The molecule has 4 nitrogen and oxygen atoms in total. The lowest BCUT2D eigenvalue weighted by Gasteiger charge is -2.26. The van der Waals surface area contributed by atoms with Crippen molar-refractivity contribution in [2.45, 2.75) is 19.5 Å². The minimum atomic E-state index is -0.252. The summed E-state index contributed by atoms with van der Waals surface area (Å²) in [5.41, 5.74) is 2.35. The zero-order valence-electron chi connectivity index (χ0n) is 16.1. The van der Waals surface area contributed by atoms with E-state index in [1.165, 1.54) is 18.2 Å². The summed E-state index contributed by atoms with van der Waals surface area (Å²) in [6.07, 6.45) is 0. The number of aryl methyl sites for hydroxylation is 1. The Morgan fingerprint density at radius 2 is 1.85 bits per heavy atom. The van der Waals surface area contributed by atoms with Crippen molar-refractivity contribution in [3.8, 4) is 0 Å². The van der Waals surface area contributed by atoms with Crippen LogP contribution >= 0.6 is 24.0 Å². The van der Waals surface area contributed by atoms with Gasteiger partial charge >= 0.3 is 0 Å². The summed E-state index contributed by atoms with van der Waals surface area (Å²) in [5.74, 6) is 0.138. The van der Waals surface area contributed by atoms with Crippen LogP contribution in [0.1, 0.15) is 22.7 Å². The lowest BCUT2D eigenvalue weighted by molar-refractivity contribution is 0.297. The molecular formula is C20H27F2IN4. The lowest BCUT2D eigenvalue weighted by atomic mass is 10.1. The molecule has 0 heterocycles. The molecule has 27 heavy (non-hydrogen) atoms. The fraction of sp³-hybridized carbons (Fsp3) is 0.350. The Labute approximate surface area is 177 Å². The maximum atomic E-state index is 13.6. The highest BCUT2D eigenvalue weighted by Gasteiger charge is 2.15. The van der Waals surface area contributed by atoms with Crippen molar-refractivity contribution >= 4 is 29.9 Å². The molecule has 0 amide bonds. The maximum Gasteiger partial charge on any atom is 0.191 e. The zero-order valence-corrected chi connectivity index (χ0v) is 18.4. The van der Waals surface area contributed by atoms with Gasteiger partial charge in [-0.25, -0.2) is 8.78 Å². The quantitative estimate of drug-likeness (QED) is 0.369. The van der Waals surface area contributed by atoms with Gasteiger partial charge in [0.15, 0.2) is 5.96 Å². The number of nitrogens with zero attached hydrogens (tertiary/aromatic N) is 2. The minimum absolute atomic E-state index is 0. The van der Waals surface area contributed by atoms with Crippen LogP contribution in [0.25, 0.3) is 0 Å². The molecular weight excluding hydrogens is 461 g/mol. The normalized spacial score (nSPS) is 12.5. The first-order chi connectivity index (χ1) is 12.4. The number of hydrogen-bond acceptors (Lipinski definition) is 2. The van der Waals surface area contributed by atoms with Crippen LogP contribution in [0, 0.1) is 18.6 Å². The number of hydrogen-bond donors (Lipinski definition) is 2. The van der Waals surface area contributed by atoms with E-state index >= 15 is 0 Å². The molecule has 0 spiro atoms. The average molecular weight is 488 g/mol. The second-order valence-electron chi connectivity index (χ2n) is 6.42. The van der Waals surface area contributed by atoms with Crippen LogP contribution in [0.3, 0.4) is 0 Å². The van der Waals surface area contributed by atoms with Gasteiger partial charge in [-0.1, -0.05) is 24.3 Å². The fourth-order valence-corrected chi connectivity index (χ4v) is 2.66. The first-order valence-electron chi connectivity index (χ1n) is 8.52. The molecule has 0 saturated heterocycles. The predicted molar refractivity (Wildman–Crippen MR) is 118 cm³/mol. The van der Waals surface area contributed by atoms with Crippen LogP contribution in [-0.2, 0) is 6.54 Å². The first-order valence-corrected chi connectivity index (χ1v) is 8.52. The summed E-state index contributed by atoms with van der Waals surface area (Å²) in [6, 6.07) is 11.7. The number of likely N-dealkylation sites (N-methyl/N-ethyl adjacent to an activating group) is 1. The molecule has 148 valence electrons. The lowest BCUT2D eigenvalue weighted by Crippen LogP contribution is -2.41. The highest BCUT2D eigenvalue weighted by Crippen LogP contribution is 2.18. The number of nitrogens with one attached hydrogen (secondary N) is 2. The molecule has 0 fully saturated rings. The number of rotatable bonds is 6. The molecule has 2 aromatic rings. The average Bonchev–Trinajstić information content (AvgIpc) is 2.60. The van der Waals surface area contributed by atoms with Crippen LogP contribution in [-0.4, -0.2) is 38.5 Å². The van der Waals surface area contributed by atoms with Crippen LogP contribution < -0.4 is 10.6 Å². The van der Waals surface area contributed by atoms with E-state index in [1.54, 1.807) is 26.1 Å². The van der Waals surface area contributed by atoms with Crippen molar-refractivity contribution in [3.05, 3.63) is 70.8 Å². The first kappa shape index (κ1) is 23.3. The molecule has 7 heteroatoms. The van der Waals surface area contributed by atoms with E-state index in [-0.39, 0.29) is 41.7 Å². The van der Waals surface area contributed by atoms with Gasteiger partial charge in [0, 0.05) is 20.1 Å². The summed E-state index contributed by atoms with van der Waals surface area (Å²) in [6.45, 7) is 2.75. The Balaban J connectivity index is 0.00000364. The second kappa shape index (κ2) is 11.2. The molecule has 2 rings (SSSR count). The molecule has 0 aliphatic carbocycles. The van der Waals surface area contributed by atoms with Crippen molar-refractivity contribution in [1.82, 2.24) is 15.5 Å². The number of guanidine groups is 1. The summed E-state index contributed by atoms with van der Waals surface area (Å²) in [4.78, 5) is 6.21. The summed E-state index contributed by atoms with van der Waals surface area (Å²) >= 11 is 0. The number of aliphatic imine (C=N–C) groups is 1. The SMILES string of the molecule is CN=C(NCc1ccc(C)c(F)c1)NCC(c1cccc(F)c1)N(C)C.I. The van der Waals surface area contributed by atoms with Gasteiger partial charge in [-0.2, -0.15) is 0 Å². The van der Waals surface area contributed by atoms with Gasteiger partial charge in [-0.15, -0.1) is 24.0 Å². The molecule has 2 aromatic carbocycles. The molecule has 0 saturated carbocycles. The number of benzene rings is 2. The Bertz CT molecular complexity index is 765. The van der Waals surface area contributed by atoms with E-state index < -0.39 is 0 Å². The maximum absolute atomic E-state index is 13.6. The molecule has 1 atom stereocenters. The molecule has 2 N–H and O–H groups in total. The Morgan fingerprint density at radius 3 is 2.44 bits per heavy atom. The molecule has 0 aliphatic heterocycles. The Kier molecular flexibility index (Phi) is 9.65. The van der Waals surface area contributed by atoms with Crippen LogP contribution in [0.2, 0.25) is 0 Å². The van der Waals surface area contributed by atoms with Gasteiger partial charge in [0.1, 0.15) is 11.6 Å². The zero-order chi connectivity index (χ0) is 19.1. The van der Waals surface area contributed by atoms with E-state index in [1.807, 2.05) is 31.1 Å². The third kappa shape index (κ3) is 7.06. The van der Waals surface area contributed by atoms with E-state index in [2.05, 4.69) is 15.6 Å². The van der Waals surface area contributed by atoms with Gasteiger partial charge in [0.05, 0.1) is 6.04 Å². The molecule has 0 radical (unpaired) electrons. The van der Waals surface area contributed by atoms with E-state index in [0.717, 1.165) is 11.1 Å². The van der Waals surface area contributed by atoms with Gasteiger partial charge in [0.2, 0.25) is 0 Å². The highest BCUT2D eigenvalue weighted by atomic mass is 127. The van der Waals surface area contributed by atoms with Crippen molar-refractivity contribution < 1.29 is 8.78 Å². The van der Waals surface area contributed by atoms with Crippen molar-refractivity contribution in [3.63, 3.8) is 0 Å². The number of halogens is 3. The smallest absolute Gasteiger partial charge is 0.191 e. The summed E-state index contributed by atoms with van der Waals surface area (Å²) in [7, 11) is 5.57. The van der Waals surface area contributed by atoms with Gasteiger partial charge in [0.25, 0.3) is 0 Å². The topological polar surface area (TPSA) is 39.7 Å². The van der Waals surface area contributed by atoms with Crippen molar-refractivity contribution in [1.29, 1.82) is 0 Å². The predicted octanol–water partition coefficient (Wildman–Crippen LogP) is 3.86. The second-order valence-corrected chi connectivity index (χ2v) is 6.42. The van der Waals surface area contributed by atoms with Crippen molar-refractivity contribution in [2.24, 2.45) is 4.99 Å². The summed E-state index contributed by atoms with van der Waals surface area (Å²) < 4.78 is 27.2. The third-order valence-corrected chi connectivity index (χ3v) is 4.24. The van der Waals surface area contributed by atoms with E-state index in [9.17, 15) is 8.78 Å².